The Kier molecular flexibility index (Phi) is 45.3. The van der Waals surface area contributed by atoms with E-state index in [9.17, 15) is 5.53 Å². The van der Waals surface area contributed by atoms with E-state index in [2.05, 4.69) is 104 Å². The second-order valence-corrected chi connectivity index (χ2v) is 19.6. The fraction of sp³-hybridized carbons (Fsp3) is 0.714. The Morgan fingerprint density at radius 2 is 0.606 bits per heavy atom. The van der Waals surface area contributed by atoms with Crippen LogP contribution in [0.5, 0.6) is 0 Å². The zero-order chi connectivity index (χ0) is 47.4. The Bertz CT molecular complexity index is 1380. The molecule has 0 fully saturated rings. The summed E-state index contributed by atoms with van der Waals surface area (Å²) in [6.45, 7) is 21.2. The largest absolute Gasteiger partial charge is 2.00 e. The van der Waals surface area contributed by atoms with Gasteiger partial charge in [-0.1, -0.05) is 258 Å². The van der Waals surface area contributed by atoms with Gasteiger partial charge in [0.15, 0.2) is 0 Å². The van der Waals surface area contributed by atoms with Crippen molar-refractivity contribution in [3.05, 3.63) is 101 Å². The minimum absolute atomic E-state index is 0. The first-order chi connectivity index (χ1) is 32.0. The molecule has 0 aliphatic carbocycles. The summed E-state index contributed by atoms with van der Waals surface area (Å²) >= 11 is 0. The van der Waals surface area contributed by atoms with Crippen molar-refractivity contribution in [3.8, 4) is 0 Å². The van der Waals surface area contributed by atoms with Crippen molar-refractivity contribution in [3.63, 3.8) is 0 Å². The maximum Gasteiger partial charge on any atom is 2.00 e. The Morgan fingerprint density at radius 1 is 0.333 bits per heavy atom. The summed E-state index contributed by atoms with van der Waals surface area (Å²) in [6, 6.07) is 17.7. The van der Waals surface area contributed by atoms with E-state index in [0.717, 1.165) is 80.3 Å². The predicted octanol–water partition coefficient (Wildman–Crippen LogP) is 22.1. The van der Waals surface area contributed by atoms with Crippen LogP contribution in [0, 0.1) is 13.8 Å². The summed E-state index contributed by atoms with van der Waals surface area (Å²) in [6.07, 6.45) is 52.2. The van der Waals surface area contributed by atoms with E-state index in [0.29, 0.717) is 0 Å². The van der Waals surface area contributed by atoms with E-state index in [1.54, 1.807) is 0 Å². The van der Waals surface area contributed by atoms with Crippen LogP contribution in [-0.2, 0) is 29.3 Å². The number of aryl methyl sites for hydroxylation is 2. The molecule has 380 valence electrons. The summed E-state index contributed by atoms with van der Waals surface area (Å²) in [5.74, 6) is 0. The minimum atomic E-state index is 0. The van der Waals surface area contributed by atoms with E-state index in [1.165, 1.54) is 220 Å². The van der Waals surface area contributed by atoms with Crippen molar-refractivity contribution in [2.75, 3.05) is 0 Å². The molecule has 0 saturated carbocycles. The average Bonchev–Trinajstić information content (AvgIpc) is 3.61. The van der Waals surface area contributed by atoms with Gasteiger partial charge < -0.3 is 19.4 Å². The van der Waals surface area contributed by atoms with Gasteiger partial charge in [0.2, 0.25) is 11.4 Å². The molecule has 0 unspecified atom stereocenters. The standard InChI is InChI=1S/C31H42N2.2C16H33.Ni/c1-5-9-12-15-29-28(14-11-7-3)30(26-20-16-24(8-4)17-21-26)33(32)31(29)27-22-18-25(19-23-27)13-10-6-2;2*1-3-5-7-9-11-13-15-16-14-12-10-8-6-4-2;/h16-23H,5-15H2,1-4H3;2*1,3-16H2,2H3;/q;2*-1;+2. The fourth-order valence-corrected chi connectivity index (χ4v) is 9.19. The Hall–Kier alpha value is -1.99. The van der Waals surface area contributed by atoms with Crippen LogP contribution in [-0.4, -0.2) is 4.70 Å². The molecule has 0 atom stereocenters. The maximum atomic E-state index is 11.6. The third-order valence-corrected chi connectivity index (χ3v) is 13.6. The summed E-state index contributed by atoms with van der Waals surface area (Å²) < 4.78 is 1.51. The van der Waals surface area contributed by atoms with Gasteiger partial charge in [0, 0.05) is 22.3 Å². The summed E-state index contributed by atoms with van der Waals surface area (Å²) in [5, 5.41) is 0. The molecule has 66 heavy (non-hydrogen) atoms. The van der Waals surface area contributed by atoms with Gasteiger partial charge in [0.1, 0.15) is 0 Å². The SMILES string of the molecule is CCCCCC1=C(c2ccc(CCCC)cc2)[N+](=[N-])C(c2ccc(CC)cc2)=C1CCCC.[CH2-]CCCCCCCCCCCCCCC.[CH2-]CCCCCCCCCCCCCCC.[Ni+2]. The fourth-order valence-electron chi connectivity index (χ4n) is 9.19. The normalized spacial score (nSPS) is 12.3. The third kappa shape index (κ3) is 30.5. The first kappa shape index (κ1) is 64.0. The van der Waals surface area contributed by atoms with Gasteiger partial charge >= 0.3 is 16.5 Å². The van der Waals surface area contributed by atoms with E-state index in [-0.39, 0.29) is 16.5 Å². The van der Waals surface area contributed by atoms with Crippen molar-refractivity contribution in [1.82, 2.24) is 0 Å². The molecule has 0 bridgehead atoms. The second kappa shape index (κ2) is 46.7. The van der Waals surface area contributed by atoms with Crippen LogP contribution in [0.2, 0.25) is 0 Å². The Labute approximate surface area is 423 Å². The molecule has 0 spiro atoms. The van der Waals surface area contributed by atoms with Gasteiger partial charge in [-0.25, -0.2) is 4.70 Å². The van der Waals surface area contributed by atoms with Gasteiger partial charge in [-0.2, -0.15) is 12.8 Å². The van der Waals surface area contributed by atoms with Crippen molar-refractivity contribution in [2.45, 2.75) is 292 Å². The Morgan fingerprint density at radius 3 is 0.924 bits per heavy atom. The van der Waals surface area contributed by atoms with Crippen LogP contribution in [0.3, 0.4) is 0 Å². The van der Waals surface area contributed by atoms with Gasteiger partial charge in [-0.05, 0) is 80.3 Å². The molecule has 0 radical (unpaired) electrons. The van der Waals surface area contributed by atoms with E-state index in [1.807, 2.05) is 0 Å². The van der Waals surface area contributed by atoms with E-state index >= 15 is 0 Å². The van der Waals surface area contributed by atoms with E-state index in [4.69, 9.17) is 0 Å². The second-order valence-electron chi connectivity index (χ2n) is 19.6. The molecule has 2 nitrogen and oxygen atoms in total. The molecule has 3 rings (SSSR count). The van der Waals surface area contributed by atoms with Crippen LogP contribution in [0.4, 0.5) is 0 Å². The number of hydrogen-bond donors (Lipinski definition) is 0. The number of rotatable bonds is 39. The molecule has 0 saturated heterocycles. The van der Waals surface area contributed by atoms with Crippen molar-refractivity contribution >= 4 is 11.4 Å². The molecule has 0 amide bonds. The topological polar surface area (TPSA) is 25.3 Å². The van der Waals surface area contributed by atoms with Crippen LogP contribution in [0.15, 0.2) is 59.7 Å². The predicted molar refractivity (Wildman–Crippen MR) is 293 cm³/mol. The minimum Gasteiger partial charge on any atom is -0.493 e. The molecule has 2 aromatic carbocycles. The van der Waals surface area contributed by atoms with Crippen molar-refractivity contribution < 1.29 is 21.2 Å². The smallest absolute Gasteiger partial charge is 0.493 e. The Balaban J connectivity index is 0.00000108. The van der Waals surface area contributed by atoms with Crippen LogP contribution >= 0.6 is 0 Å². The summed E-state index contributed by atoms with van der Waals surface area (Å²) in [5.41, 5.74) is 21.2. The van der Waals surface area contributed by atoms with Crippen LogP contribution in [0.25, 0.3) is 16.9 Å². The molecule has 0 N–H and O–H groups in total. The van der Waals surface area contributed by atoms with Gasteiger partial charge in [0.05, 0.1) is 0 Å². The average molecular weight is 952 g/mol. The molecule has 1 aliphatic heterocycles. The molecule has 1 aliphatic rings. The maximum absolute atomic E-state index is 11.6. The van der Waals surface area contributed by atoms with Gasteiger partial charge in [0.25, 0.3) is 0 Å². The molecular formula is C63H108N2Ni. The molecular weight excluding hydrogens is 843 g/mol. The number of unbranched alkanes of at least 4 members (excludes halogenated alkanes) is 30. The number of nitrogens with zero attached hydrogens (tertiary/aromatic N) is 2. The summed E-state index contributed by atoms with van der Waals surface area (Å²) in [7, 11) is 0. The number of hydrogen-bond acceptors (Lipinski definition) is 0. The zero-order valence-electron chi connectivity index (χ0n) is 44.8. The van der Waals surface area contributed by atoms with Crippen molar-refractivity contribution in [1.29, 1.82) is 0 Å². The molecule has 3 heteroatoms. The van der Waals surface area contributed by atoms with Crippen LogP contribution < -0.4 is 0 Å². The monoisotopic (exact) mass is 951 g/mol. The molecule has 2 aromatic rings. The third-order valence-electron chi connectivity index (χ3n) is 13.6. The van der Waals surface area contributed by atoms with Gasteiger partial charge in [-0.3, -0.25) is 0 Å². The van der Waals surface area contributed by atoms with Gasteiger partial charge in [-0.15, -0.1) is 0 Å². The number of allylic oxidation sites excluding steroid dienone is 2. The van der Waals surface area contributed by atoms with Crippen LogP contribution in [0.1, 0.15) is 301 Å². The molecule has 1 heterocycles. The first-order valence-corrected chi connectivity index (χ1v) is 28.7. The first-order valence-electron chi connectivity index (χ1n) is 28.7. The number of benzene rings is 2. The van der Waals surface area contributed by atoms with E-state index < -0.39 is 0 Å². The quantitative estimate of drug-likeness (QED) is 0.0276. The van der Waals surface area contributed by atoms with Crippen molar-refractivity contribution in [2.24, 2.45) is 0 Å². The molecule has 0 aromatic heterocycles. The zero-order valence-corrected chi connectivity index (χ0v) is 45.8. The summed E-state index contributed by atoms with van der Waals surface area (Å²) in [4.78, 5) is 0.